The molecule has 0 radical (unpaired) electrons. The fourth-order valence-corrected chi connectivity index (χ4v) is 4.15. The first-order chi connectivity index (χ1) is 13.6. The lowest BCUT2D eigenvalue weighted by Gasteiger charge is -2.26. The van der Waals surface area contributed by atoms with Crippen molar-refractivity contribution in [3.63, 3.8) is 0 Å². The summed E-state index contributed by atoms with van der Waals surface area (Å²) >= 11 is 1.39. The third-order valence-electron chi connectivity index (χ3n) is 4.75. The molecule has 0 bridgehead atoms. The van der Waals surface area contributed by atoms with E-state index in [1.807, 2.05) is 30.5 Å². The Kier molecular flexibility index (Phi) is 4.92. The van der Waals surface area contributed by atoms with Gasteiger partial charge in [-0.3, -0.25) is 14.2 Å². The van der Waals surface area contributed by atoms with E-state index in [0.29, 0.717) is 21.9 Å². The molecule has 0 saturated carbocycles. The van der Waals surface area contributed by atoms with Gasteiger partial charge in [0.1, 0.15) is 11.5 Å². The Morgan fingerprint density at radius 2 is 2.14 bits per heavy atom. The van der Waals surface area contributed by atoms with Crippen molar-refractivity contribution in [1.29, 1.82) is 0 Å². The highest BCUT2D eigenvalue weighted by molar-refractivity contribution is 7.15. The van der Waals surface area contributed by atoms with Crippen LogP contribution >= 0.6 is 11.3 Å². The van der Waals surface area contributed by atoms with Gasteiger partial charge < -0.3 is 4.90 Å². The molecular formula is C21H19FN4OS. The lowest BCUT2D eigenvalue weighted by Crippen LogP contribution is -2.32. The maximum atomic E-state index is 13.5. The third-order valence-corrected chi connectivity index (χ3v) is 5.59. The zero-order valence-corrected chi connectivity index (χ0v) is 16.4. The summed E-state index contributed by atoms with van der Waals surface area (Å²) in [6.07, 6.45) is 4.27. The van der Waals surface area contributed by atoms with Crippen molar-refractivity contribution in [1.82, 2.24) is 19.3 Å². The van der Waals surface area contributed by atoms with E-state index in [1.165, 1.54) is 23.5 Å². The van der Waals surface area contributed by atoms with Gasteiger partial charge in [0.15, 0.2) is 4.96 Å². The van der Waals surface area contributed by atoms with Gasteiger partial charge in [-0.1, -0.05) is 25.1 Å². The molecule has 3 aromatic heterocycles. The number of amides is 1. The van der Waals surface area contributed by atoms with E-state index in [2.05, 4.69) is 9.97 Å². The van der Waals surface area contributed by atoms with Crippen LogP contribution in [0.2, 0.25) is 0 Å². The summed E-state index contributed by atoms with van der Waals surface area (Å²) in [5, 5.41) is 1.81. The van der Waals surface area contributed by atoms with Crippen LogP contribution in [0.1, 0.15) is 35.6 Å². The predicted molar refractivity (Wildman–Crippen MR) is 108 cm³/mol. The summed E-state index contributed by atoms with van der Waals surface area (Å²) in [5.74, 6) is -0.419. The number of halogens is 1. The van der Waals surface area contributed by atoms with Gasteiger partial charge in [-0.25, -0.2) is 9.37 Å². The Hall–Kier alpha value is -3.06. The standard InChI is InChI=1S/C21H19FN4OS/c1-3-18(16-9-4-5-10-23-16)25(2)20(27)19-13-28-21-24-17(12-26(19)21)14-7-6-8-15(22)11-14/h4-13,18H,3H2,1-2H3/t18-/m0/s1. The second-order valence-electron chi connectivity index (χ2n) is 6.50. The van der Waals surface area contributed by atoms with Crippen molar-refractivity contribution in [2.75, 3.05) is 7.05 Å². The lowest BCUT2D eigenvalue weighted by atomic mass is 10.1. The highest BCUT2D eigenvalue weighted by atomic mass is 32.1. The minimum atomic E-state index is -0.314. The number of thiazole rings is 1. The van der Waals surface area contributed by atoms with Gasteiger partial charge in [-0.15, -0.1) is 11.3 Å². The highest BCUT2D eigenvalue weighted by Gasteiger charge is 2.25. The molecule has 0 unspecified atom stereocenters. The van der Waals surface area contributed by atoms with Gasteiger partial charge in [0, 0.05) is 30.4 Å². The first kappa shape index (κ1) is 18.3. The number of rotatable bonds is 5. The molecule has 1 aromatic carbocycles. The quantitative estimate of drug-likeness (QED) is 0.488. The van der Waals surface area contributed by atoms with Gasteiger partial charge in [0.25, 0.3) is 5.91 Å². The van der Waals surface area contributed by atoms with E-state index in [1.54, 1.807) is 40.9 Å². The maximum absolute atomic E-state index is 13.5. The fraction of sp³-hybridized carbons (Fsp3) is 0.190. The number of imidazole rings is 1. The van der Waals surface area contributed by atoms with Crippen molar-refractivity contribution in [2.24, 2.45) is 0 Å². The van der Waals surface area contributed by atoms with Crippen LogP contribution in [-0.4, -0.2) is 32.2 Å². The van der Waals surface area contributed by atoms with Crippen molar-refractivity contribution in [3.8, 4) is 11.3 Å². The van der Waals surface area contributed by atoms with Crippen LogP contribution in [0.5, 0.6) is 0 Å². The second kappa shape index (κ2) is 7.52. The molecule has 5 nitrogen and oxygen atoms in total. The van der Waals surface area contributed by atoms with E-state index in [0.717, 1.165) is 12.1 Å². The van der Waals surface area contributed by atoms with Gasteiger partial charge in [-0.2, -0.15) is 0 Å². The summed E-state index contributed by atoms with van der Waals surface area (Å²) < 4.78 is 15.3. The zero-order valence-electron chi connectivity index (χ0n) is 15.5. The molecule has 3 heterocycles. The number of benzene rings is 1. The van der Waals surface area contributed by atoms with Crippen LogP contribution in [-0.2, 0) is 0 Å². The minimum Gasteiger partial charge on any atom is -0.332 e. The number of hydrogen-bond donors (Lipinski definition) is 0. The van der Waals surface area contributed by atoms with Crippen molar-refractivity contribution in [2.45, 2.75) is 19.4 Å². The average molecular weight is 394 g/mol. The first-order valence-electron chi connectivity index (χ1n) is 8.99. The van der Waals surface area contributed by atoms with Gasteiger partial charge >= 0.3 is 0 Å². The molecular weight excluding hydrogens is 375 g/mol. The Labute approximate surface area is 166 Å². The number of aromatic nitrogens is 3. The number of hydrogen-bond acceptors (Lipinski definition) is 4. The molecule has 0 fully saturated rings. The van der Waals surface area contributed by atoms with Crippen LogP contribution in [0, 0.1) is 5.82 Å². The Morgan fingerprint density at radius 1 is 1.29 bits per heavy atom. The average Bonchev–Trinajstić information content (AvgIpc) is 3.29. The molecule has 0 aliphatic carbocycles. The molecule has 0 spiro atoms. The molecule has 0 N–H and O–H groups in total. The van der Waals surface area contributed by atoms with E-state index in [-0.39, 0.29) is 17.8 Å². The predicted octanol–water partition coefficient (Wildman–Crippen LogP) is 4.82. The van der Waals surface area contributed by atoms with Gasteiger partial charge in [0.05, 0.1) is 17.4 Å². The molecule has 1 atom stereocenters. The first-order valence-corrected chi connectivity index (χ1v) is 9.87. The lowest BCUT2D eigenvalue weighted by molar-refractivity contribution is 0.0716. The summed E-state index contributed by atoms with van der Waals surface area (Å²) in [7, 11) is 1.79. The van der Waals surface area contributed by atoms with E-state index < -0.39 is 0 Å². The topological polar surface area (TPSA) is 50.5 Å². The molecule has 142 valence electrons. The molecule has 0 saturated heterocycles. The third kappa shape index (κ3) is 3.29. The van der Waals surface area contributed by atoms with Gasteiger partial charge in [-0.05, 0) is 30.7 Å². The fourth-order valence-electron chi connectivity index (χ4n) is 3.30. The molecule has 0 aliphatic heterocycles. The van der Waals surface area contributed by atoms with Crippen LogP contribution < -0.4 is 0 Å². The summed E-state index contributed by atoms with van der Waals surface area (Å²) in [4.78, 5) is 24.5. The van der Waals surface area contributed by atoms with Crippen LogP contribution in [0.4, 0.5) is 4.39 Å². The number of carbonyl (C=O) groups is 1. The van der Waals surface area contributed by atoms with Crippen molar-refractivity contribution in [3.05, 3.63) is 77.4 Å². The van der Waals surface area contributed by atoms with E-state index in [9.17, 15) is 9.18 Å². The SMILES string of the molecule is CC[C@@H](c1ccccn1)N(C)C(=O)c1csc2nc(-c3cccc(F)c3)cn12. The Balaban J connectivity index is 1.67. The summed E-state index contributed by atoms with van der Waals surface area (Å²) in [6.45, 7) is 2.03. The molecule has 4 rings (SSSR count). The Bertz CT molecular complexity index is 1120. The summed E-state index contributed by atoms with van der Waals surface area (Å²) in [5.41, 5.74) is 2.72. The van der Waals surface area contributed by atoms with Crippen LogP contribution in [0.15, 0.2) is 60.2 Å². The number of carbonyl (C=O) groups excluding carboxylic acids is 1. The highest BCUT2D eigenvalue weighted by Crippen LogP contribution is 2.27. The maximum Gasteiger partial charge on any atom is 0.272 e. The second-order valence-corrected chi connectivity index (χ2v) is 7.34. The van der Waals surface area contributed by atoms with Crippen molar-refractivity contribution < 1.29 is 9.18 Å². The number of fused-ring (bicyclic) bond motifs is 1. The molecule has 0 aliphatic rings. The van der Waals surface area contributed by atoms with Gasteiger partial charge in [0.2, 0.25) is 0 Å². The van der Waals surface area contributed by atoms with E-state index in [4.69, 9.17) is 0 Å². The number of nitrogens with zero attached hydrogens (tertiary/aromatic N) is 4. The molecule has 7 heteroatoms. The molecule has 4 aromatic rings. The van der Waals surface area contributed by atoms with Crippen LogP contribution in [0.3, 0.4) is 0 Å². The number of pyridine rings is 1. The Morgan fingerprint density at radius 3 is 2.86 bits per heavy atom. The molecule has 1 amide bonds. The van der Waals surface area contributed by atoms with Crippen molar-refractivity contribution >= 4 is 22.2 Å². The van der Waals surface area contributed by atoms with E-state index >= 15 is 0 Å². The zero-order chi connectivity index (χ0) is 19.7. The van der Waals surface area contributed by atoms with Crippen LogP contribution in [0.25, 0.3) is 16.2 Å². The summed E-state index contributed by atoms with van der Waals surface area (Å²) in [6, 6.07) is 11.9. The normalized spacial score (nSPS) is 12.2. The minimum absolute atomic E-state index is 0.105. The largest absolute Gasteiger partial charge is 0.332 e. The smallest absolute Gasteiger partial charge is 0.272 e. The monoisotopic (exact) mass is 394 g/mol. The molecule has 28 heavy (non-hydrogen) atoms.